The first-order valence-electron chi connectivity index (χ1n) is 5.55. The summed E-state index contributed by atoms with van der Waals surface area (Å²) in [6.45, 7) is 8.44. The van der Waals surface area contributed by atoms with Gasteiger partial charge in [-0.3, -0.25) is 0 Å². The molecule has 1 N–H and O–H groups in total. The van der Waals surface area contributed by atoms with Gasteiger partial charge in [-0.05, 0) is 57.0 Å². The molecule has 0 unspecified atom stereocenters. The Morgan fingerprint density at radius 1 is 1.44 bits per heavy atom. The van der Waals surface area contributed by atoms with Crippen molar-refractivity contribution in [3.63, 3.8) is 0 Å². The minimum absolute atomic E-state index is 0.425. The van der Waals surface area contributed by atoms with Crippen LogP contribution >= 0.6 is 0 Å². The normalized spacial score (nSPS) is 12.1. The molecule has 1 atom stereocenters. The predicted molar refractivity (Wildman–Crippen MR) is 66.7 cm³/mol. The number of ether oxygens (including phenoxy) is 1. The second-order valence-corrected chi connectivity index (χ2v) is 4.29. The molecule has 0 heterocycles. The topological polar surface area (TPSA) is 29.5 Å². The first-order chi connectivity index (χ1) is 7.50. The van der Waals surface area contributed by atoms with Crippen molar-refractivity contribution in [3.8, 4) is 5.75 Å². The summed E-state index contributed by atoms with van der Waals surface area (Å²) in [4.78, 5) is 0. The third-order valence-electron chi connectivity index (χ3n) is 2.41. The van der Waals surface area contributed by atoms with Crippen LogP contribution in [0.1, 0.15) is 38.0 Å². The molecule has 0 saturated carbocycles. The number of aryl methyl sites for hydroxylation is 1. The van der Waals surface area contributed by atoms with Crippen LogP contribution in [0.4, 0.5) is 0 Å². The van der Waals surface area contributed by atoms with Crippen LogP contribution in [0.5, 0.6) is 5.75 Å². The highest BCUT2D eigenvalue weighted by Gasteiger charge is 2.04. The molecule has 0 aromatic heterocycles. The zero-order chi connectivity index (χ0) is 12.1. The summed E-state index contributed by atoms with van der Waals surface area (Å²) in [5.41, 5.74) is 3.23. The molecule has 16 heavy (non-hydrogen) atoms. The number of aliphatic hydroxyl groups excluding tert-OH is 1. The van der Waals surface area contributed by atoms with E-state index in [1.807, 2.05) is 45.0 Å². The largest absolute Gasteiger partial charge is 0.489 e. The second kappa shape index (κ2) is 5.71. The van der Waals surface area contributed by atoms with Gasteiger partial charge >= 0.3 is 0 Å². The van der Waals surface area contributed by atoms with Gasteiger partial charge in [-0.1, -0.05) is 11.6 Å². The fraction of sp³-hybridized carbons (Fsp3) is 0.429. The molecule has 0 aliphatic carbocycles. The van der Waals surface area contributed by atoms with Crippen molar-refractivity contribution in [2.45, 2.75) is 33.8 Å². The number of benzene rings is 1. The number of rotatable bonds is 4. The molecule has 0 spiro atoms. The van der Waals surface area contributed by atoms with E-state index < -0.39 is 6.10 Å². The molecule has 0 radical (unpaired) electrons. The Hall–Kier alpha value is -1.28. The van der Waals surface area contributed by atoms with E-state index in [4.69, 9.17) is 4.74 Å². The Labute approximate surface area is 97.6 Å². The van der Waals surface area contributed by atoms with Gasteiger partial charge in [0.1, 0.15) is 12.4 Å². The maximum atomic E-state index is 9.44. The molecule has 88 valence electrons. The van der Waals surface area contributed by atoms with Crippen molar-refractivity contribution in [1.82, 2.24) is 0 Å². The molecule has 2 heteroatoms. The number of hydrogen-bond donors (Lipinski definition) is 1. The molecule has 0 amide bonds. The molecule has 2 nitrogen and oxygen atoms in total. The summed E-state index contributed by atoms with van der Waals surface area (Å²) in [6.07, 6.45) is 1.62. The SMILES string of the molecule is CC(C)=CCOc1ccc([C@@H](C)O)cc1C. The van der Waals surface area contributed by atoms with Gasteiger partial charge < -0.3 is 9.84 Å². The summed E-state index contributed by atoms with van der Waals surface area (Å²) in [6, 6.07) is 5.77. The van der Waals surface area contributed by atoms with E-state index in [0.29, 0.717) is 6.61 Å². The van der Waals surface area contributed by atoms with E-state index in [9.17, 15) is 5.11 Å². The average molecular weight is 220 g/mol. The molecule has 1 aromatic rings. The number of aliphatic hydroxyl groups is 1. The highest BCUT2D eigenvalue weighted by atomic mass is 16.5. The van der Waals surface area contributed by atoms with Crippen LogP contribution in [-0.4, -0.2) is 11.7 Å². The monoisotopic (exact) mass is 220 g/mol. The van der Waals surface area contributed by atoms with Crippen molar-refractivity contribution >= 4 is 0 Å². The summed E-state index contributed by atoms with van der Waals surface area (Å²) >= 11 is 0. The van der Waals surface area contributed by atoms with E-state index in [0.717, 1.165) is 16.9 Å². The summed E-state index contributed by atoms with van der Waals surface area (Å²) in [5.74, 6) is 0.877. The van der Waals surface area contributed by atoms with Gasteiger partial charge in [-0.15, -0.1) is 0 Å². The molecule has 0 saturated heterocycles. The first kappa shape index (κ1) is 12.8. The molecular formula is C14H20O2. The Balaban J connectivity index is 2.72. The molecular weight excluding hydrogens is 200 g/mol. The Bertz CT molecular complexity index is 374. The first-order valence-corrected chi connectivity index (χ1v) is 5.55. The Morgan fingerprint density at radius 2 is 2.12 bits per heavy atom. The van der Waals surface area contributed by atoms with Crippen molar-refractivity contribution in [3.05, 3.63) is 41.0 Å². The predicted octanol–water partition coefficient (Wildman–Crippen LogP) is 3.39. The molecule has 0 aliphatic heterocycles. The van der Waals surface area contributed by atoms with Crippen LogP contribution in [0.2, 0.25) is 0 Å². The third kappa shape index (κ3) is 3.70. The van der Waals surface area contributed by atoms with Gasteiger partial charge in [0.05, 0.1) is 6.10 Å². The summed E-state index contributed by atoms with van der Waals surface area (Å²) in [5, 5.41) is 9.44. The minimum atomic E-state index is -0.425. The van der Waals surface area contributed by atoms with Crippen LogP contribution in [0, 0.1) is 6.92 Å². The van der Waals surface area contributed by atoms with E-state index in [2.05, 4.69) is 0 Å². The maximum Gasteiger partial charge on any atom is 0.122 e. The van der Waals surface area contributed by atoms with Gasteiger partial charge in [0.25, 0.3) is 0 Å². The van der Waals surface area contributed by atoms with Gasteiger partial charge in [-0.2, -0.15) is 0 Å². The Morgan fingerprint density at radius 3 is 2.62 bits per heavy atom. The number of hydrogen-bond acceptors (Lipinski definition) is 2. The van der Waals surface area contributed by atoms with Gasteiger partial charge in [0.15, 0.2) is 0 Å². The van der Waals surface area contributed by atoms with Crippen LogP contribution < -0.4 is 4.74 Å². The van der Waals surface area contributed by atoms with E-state index in [1.54, 1.807) is 6.92 Å². The lowest BCUT2D eigenvalue weighted by atomic mass is 10.1. The van der Waals surface area contributed by atoms with Crippen LogP contribution in [0.3, 0.4) is 0 Å². The molecule has 1 aromatic carbocycles. The van der Waals surface area contributed by atoms with Crippen molar-refractivity contribution in [2.24, 2.45) is 0 Å². The van der Waals surface area contributed by atoms with Gasteiger partial charge in [0.2, 0.25) is 0 Å². The van der Waals surface area contributed by atoms with E-state index in [1.165, 1.54) is 5.57 Å². The molecule has 1 rings (SSSR count). The lowest BCUT2D eigenvalue weighted by Crippen LogP contribution is -1.98. The fourth-order valence-electron chi connectivity index (χ4n) is 1.39. The number of allylic oxidation sites excluding steroid dienone is 1. The smallest absolute Gasteiger partial charge is 0.122 e. The maximum absolute atomic E-state index is 9.44. The molecule has 0 bridgehead atoms. The highest BCUT2D eigenvalue weighted by molar-refractivity contribution is 5.37. The van der Waals surface area contributed by atoms with E-state index >= 15 is 0 Å². The summed E-state index contributed by atoms with van der Waals surface area (Å²) < 4.78 is 5.62. The fourth-order valence-corrected chi connectivity index (χ4v) is 1.39. The standard InChI is InChI=1S/C14H20O2/c1-10(2)7-8-16-14-6-5-13(12(4)15)9-11(14)3/h5-7,9,12,15H,8H2,1-4H3/t12-/m1/s1. The van der Waals surface area contributed by atoms with Crippen molar-refractivity contribution in [1.29, 1.82) is 0 Å². The van der Waals surface area contributed by atoms with Crippen LogP contribution in [0.15, 0.2) is 29.8 Å². The Kier molecular flexibility index (Phi) is 4.56. The van der Waals surface area contributed by atoms with Crippen LogP contribution in [0.25, 0.3) is 0 Å². The zero-order valence-electron chi connectivity index (χ0n) is 10.4. The molecule has 0 aliphatic rings. The second-order valence-electron chi connectivity index (χ2n) is 4.29. The van der Waals surface area contributed by atoms with Gasteiger partial charge in [0, 0.05) is 0 Å². The zero-order valence-corrected chi connectivity index (χ0v) is 10.4. The minimum Gasteiger partial charge on any atom is -0.489 e. The summed E-state index contributed by atoms with van der Waals surface area (Å²) in [7, 11) is 0. The lowest BCUT2D eigenvalue weighted by Gasteiger charge is -2.10. The van der Waals surface area contributed by atoms with E-state index in [-0.39, 0.29) is 0 Å². The lowest BCUT2D eigenvalue weighted by molar-refractivity contribution is 0.199. The third-order valence-corrected chi connectivity index (χ3v) is 2.41. The van der Waals surface area contributed by atoms with Gasteiger partial charge in [-0.25, -0.2) is 0 Å². The average Bonchev–Trinajstić information content (AvgIpc) is 2.19. The van der Waals surface area contributed by atoms with Crippen molar-refractivity contribution < 1.29 is 9.84 Å². The quantitative estimate of drug-likeness (QED) is 0.788. The van der Waals surface area contributed by atoms with Crippen molar-refractivity contribution in [2.75, 3.05) is 6.61 Å². The highest BCUT2D eigenvalue weighted by Crippen LogP contribution is 2.22. The molecule has 0 fully saturated rings. The van der Waals surface area contributed by atoms with Crippen LogP contribution in [-0.2, 0) is 0 Å².